The Labute approximate surface area is 92.5 Å². The number of carbonyl (C=O) groups is 1. The first-order valence-electron chi connectivity index (χ1n) is 4.42. The molecule has 76 valence electrons. The maximum Gasteiger partial charge on any atom is 0.330 e. The van der Waals surface area contributed by atoms with Crippen LogP contribution in [0.4, 0.5) is 0 Å². The van der Waals surface area contributed by atoms with Gasteiger partial charge in [0.2, 0.25) is 0 Å². The minimum absolute atomic E-state index is 0.286. The number of ether oxygens (including phenoxy) is 1. The molecular weight excluding hydrogens is 244 g/mol. The summed E-state index contributed by atoms with van der Waals surface area (Å²) in [5.41, 5.74) is 1.30. The molecular formula is C11H13BrO2. The molecule has 1 aliphatic rings. The van der Waals surface area contributed by atoms with Crippen molar-refractivity contribution in [2.24, 2.45) is 5.92 Å². The van der Waals surface area contributed by atoms with Crippen LogP contribution in [0.1, 0.15) is 13.3 Å². The van der Waals surface area contributed by atoms with E-state index >= 15 is 0 Å². The van der Waals surface area contributed by atoms with Crippen LogP contribution < -0.4 is 0 Å². The van der Waals surface area contributed by atoms with Gasteiger partial charge in [0.05, 0.1) is 7.11 Å². The van der Waals surface area contributed by atoms with E-state index in [4.69, 9.17) is 0 Å². The minimum atomic E-state index is -0.304. The van der Waals surface area contributed by atoms with Crippen molar-refractivity contribution >= 4 is 21.9 Å². The van der Waals surface area contributed by atoms with Gasteiger partial charge in [-0.3, -0.25) is 0 Å². The first-order chi connectivity index (χ1) is 6.61. The molecule has 0 aromatic rings. The Bertz CT molecular complexity index is 313. The van der Waals surface area contributed by atoms with Crippen LogP contribution in [-0.4, -0.2) is 13.1 Å². The van der Waals surface area contributed by atoms with E-state index in [2.05, 4.69) is 39.7 Å². The molecule has 0 saturated carbocycles. The van der Waals surface area contributed by atoms with Gasteiger partial charge < -0.3 is 4.74 Å². The zero-order valence-corrected chi connectivity index (χ0v) is 9.87. The van der Waals surface area contributed by atoms with Crippen molar-refractivity contribution in [1.82, 2.24) is 0 Å². The molecule has 1 aliphatic carbocycles. The van der Waals surface area contributed by atoms with Gasteiger partial charge in [0.1, 0.15) is 0 Å². The zero-order valence-electron chi connectivity index (χ0n) is 8.29. The van der Waals surface area contributed by atoms with Gasteiger partial charge in [0.25, 0.3) is 0 Å². The highest BCUT2D eigenvalue weighted by molar-refractivity contribution is 9.11. The number of allylic oxidation sites excluding steroid dienone is 5. The summed E-state index contributed by atoms with van der Waals surface area (Å²) in [4.78, 5) is 10.9. The van der Waals surface area contributed by atoms with E-state index in [0.29, 0.717) is 0 Å². The van der Waals surface area contributed by atoms with Gasteiger partial charge in [0, 0.05) is 16.5 Å². The summed E-state index contributed by atoms with van der Waals surface area (Å²) in [5.74, 6) is -0.0183. The minimum Gasteiger partial charge on any atom is -0.466 e. The molecule has 3 heteroatoms. The molecule has 0 heterocycles. The van der Waals surface area contributed by atoms with Crippen LogP contribution in [0.15, 0.2) is 34.4 Å². The lowest BCUT2D eigenvalue weighted by Gasteiger charge is -2.13. The Balaban J connectivity index is 2.61. The van der Waals surface area contributed by atoms with Gasteiger partial charge in [-0.1, -0.05) is 33.7 Å². The van der Waals surface area contributed by atoms with Crippen molar-refractivity contribution < 1.29 is 9.53 Å². The van der Waals surface area contributed by atoms with E-state index in [1.807, 2.05) is 6.08 Å². The van der Waals surface area contributed by atoms with E-state index in [-0.39, 0.29) is 11.9 Å². The Hall–Kier alpha value is -0.830. The van der Waals surface area contributed by atoms with Crippen LogP contribution in [0.5, 0.6) is 0 Å². The SMILES string of the molecule is COC(=O)C=CC1C=C(Br)C=C(C)C1. The summed E-state index contributed by atoms with van der Waals surface area (Å²) in [7, 11) is 1.38. The van der Waals surface area contributed by atoms with Gasteiger partial charge >= 0.3 is 5.97 Å². The molecule has 0 aliphatic heterocycles. The maximum absolute atomic E-state index is 10.9. The number of halogens is 1. The summed E-state index contributed by atoms with van der Waals surface area (Å²) in [6.45, 7) is 2.08. The van der Waals surface area contributed by atoms with Crippen molar-refractivity contribution in [1.29, 1.82) is 0 Å². The number of hydrogen-bond acceptors (Lipinski definition) is 2. The molecule has 0 radical (unpaired) electrons. The maximum atomic E-state index is 10.9. The predicted octanol–water partition coefficient (Wildman–Crippen LogP) is 2.96. The topological polar surface area (TPSA) is 26.3 Å². The molecule has 0 N–H and O–H groups in total. The molecule has 0 aromatic heterocycles. The third-order valence-electron chi connectivity index (χ3n) is 2.00. The third-order valence-corrected chi connectivity index (χ3v) is 2.49. The van der Waals surface area contributed by atoms with Crippen molar-refractivity contribution in [3.63, 3.8) is 0 Å². The van der Waals surface area contributed by atoms with E-state index in [1.165, 1.54) is 18.8 Å². The Morgan fingerprint density at radius 3 is 3.00 bits per heavy atom. The number of carbonyl (C=O) groups excluding carboxylic acids is 1. The Morgan fingerprint density at radius 1 is 1.71 bits per heavy atom. The molecule has 0 saturated heterocycles. The Morgan fingerprint density at radius 2 is 2.43 bits per heavy atom. The number of hydrogen-bond donors (Lipinski definition) is 0. The second-order valence-corrected chi connectivity index (χ2v) is 4.21. The normalized spacial score (nSPS) is 21.8. The average Bonchev–Trinajstić information content (AvgIpc) is 2.12. The fourth-order valence-corrected chi connectivity index (χ4v) is 2.10. The first-order valence-corrected chi connectivity index (χ1v) is 5.21. The largest absolute Gasteiger partial charge is 0.466 e. The molecule has 0 bridgehead atoms. The second kappa shape index (κ2) is 5.15. The summed E-state index contributed by atoms with van der Waals surface area (Å²) in [5, 5.41) is 0. The fraction of sp³-hybridized carbons (Fsp3) is 0.364. The van der Waals surface area contributed by atoms with Crippen LogP contribution in [0.2, 0.25) is 0 Å². The number of rotatable bonds is 2. The zero-order chi connectivity index (χ0) is 10.6. The second-order valence-electron chi connectivity index (χ2n) is 3.29. The van der Waals surface area contributed by atoms with Crippen molar-refractivity contribution in [3.05, 3.63) is 34.4 Å². The summed E-state index contributed by atoms with van der Waals surface area (Å²) in [6, 6.07) is 0. The van der Waals surface area contributed by atoms with Gasteiger partial charge in [0.15, 0.2) is 0 Å². The molecule has 0 fully saturated rings. The van der Waals surface area contributed by atoms with Gasteiger partial charge in [-0.2, -0.15) is 0 Å². The van der Waals surface area contributed by atoms with Gasteiger partial charge in [-0.05, 0) is 19.4 Å². The van der Waals surface area contributed by atoms with Crippen molar-refractivity contribution in [3.8, 4) is 0 Å². The standard InChI is InChI=1S/C11H13BrO2/c1-8-5-9(7-10(12)6-8)3-4-11(13)14-2/h3-4,6-7,9H,5H2,1-2H3. The highest BCUT2D eigenvalue weighted by Crippen LogP contribution is 2.26. The Kier molecular flexibility index (Phi) is 4.14. The fourth-order valence-electron chi connectivity index (χ4n) is 1.37. The van der Waals surface area contributed by atoms with E-state index in [1.54, 1.807) is 0 Å². The summed E-state index contributed by atoms with van der Waals surface area (Å²) < 4.78 is 5.59. The highest BCUT2D eigenvalue weighted by atomic mass is 79.9. The van der Waals surface area contributed by atoms with E-state index in [0.717, 1.165) is 10.9 Å². The molecule has 1 unspecified atom stereocenters. The van der Waals surface area contributed by atoms with Gasteiger partial charge in [-0.15, -0.1) is 0 Å². The summed E-state index contributed by atoms with van der Waals surface area (Å²) in [6.07, 6.45) is 8.46. The smallest absolute Gasteiger partial charge is 0.330 e. The van der Waals surface area contributed by atoms with Crippen LogP contribution in [0.3, 0.4) is 0 Å². The van der Waals surface area contributed by atoms with Crippen LogP contribution in [0.25, 0.3) is 0 Å². The lowest BCUT2D eigenvalue weighted by Crippen LogP contribution is -2.01. The molecule has 0 amide bonds. The molecule has 2 nitrogen and oxygen atoms in total. The molecule has 0 aromatic carbocycles. The predicted molar refractivity (Wildman–Crippen MR) is 60.0 cm³/mol. The van der Waals surface area contributed by atoms with Crippen LogP contribution in [0, 0.1) is 5.92 Å². The van der Waals surface area contributed by atoms with Crippen molar-refractivity contribution in [2.45, 2.75) is 13.3 Å². The first kappa shape index (κ1) is 11.2. The average molecular weight is 257 g/mol. The van der Waals surface area contributed by atoms with Gasteiger partial charge in [-0.25, -0.2) is 4.79 Å². The molecule has 1 atom stereocenters. The van der Waals surface area contributed by atoms with E-state index < -0.39 is 0 Å². The van der Waals surface area contributed by atoms with Crippen LogP contribution in [-0.2, 0) is 9.53 Å². The molecule has 1 rings (SSSR count). The van der Waals surface area contributed by atoms with Crippen LogP contribution >= 0.6 is 15.9 Å². The molecule has 14 heavy (non-hydrogen) atoms. The monoisotopic (exact) mass is 256 g/mol. The summed E-state index contributed by atoms with van der Waals surface area (Å²) >= 11 is 3.43. The highest BCUT2D eigenvalue weighted by Gasteiger charge is 2.09. The lowest BCUT2D eigenvalue weighted by atomic mass is 9.95. The van der Waals surface area contributed by atoms with E-state index in [9.17, 15) is 4.79 Å². The number of esters is 1. The molecule has 0 spiro atoms. The quantitative estimate of drug-likeness (QED) is 0.561. The lowest BCUT2D eigenvalue weighted by molar-refractivity contribution is -0.134. The van der Waals surface area contributed by atoms with Crippen molar-refractivity contribution in [2.75, 3.05) is 7.11 Å². The number of methoxy groups -OCH3 is 1. The third kappa shape index (κ3) is 3.50.